The molecule has 1 aliphatic rings. The van der Waals surface area contributed by atoms with E-state index in [1.165, 1.54) is 23.3 Å². The quantitative estimate of drug-likeness (QED) is 0.662. The number of hydrogen-bond donors (Lipinski definition) is 2. The first kappa shape index (κ1) is 15.3. The Bertz CT molecular complexity index is 730. The van der Waals surface area contributed by atoms with E-state index in [9.17, 15) is 9.50 Å². The highest BCUT2D eigenvalue weighted by Crippen LogP contribution is 2.19. The van der Waals surface area contributed by atoms with Gasteiger partial charge in [0.25, 0.3) is 0 Å². The first-order valence-electron chi connectivity index (χ1n) is 7.67. The smallest absolute Gasteiger partial charge is 0.194 e. The number of fused-ring (bicyclic) bond motifs is 1. The average Bonchev–Trinajstić information content (AvgIpc) is 2.58. The summed E-state index contributed by atoms with van der Waals surface area (Å²) in [5.41, 5.74) is 3.47. The lowest BCUT2D eigenvalue weighted by molar-refractivity contribution is 0.378. The SMILES string of the molecule is CN=C(NCc1ccc(O)c(F)c1)N1CCc2ccccc2C1. The van der Waals surface area contributed by atoms with Crippen LogP contribution in [0.1, 0.15) is 16.7 Å². The van der Waals surface area contributed by atoms with E-state index in [2.05, 4.69) is 39.5 Å². The first-order chi connectivity index (χ1) is 11.2. The van der Waals surface area contributed by atoms with Crippen LogP contribution >= 0.6 is 0 Å². The standard InChI is InChI=1S/C18H20FN3O/c1-20-18(21-11-13-6-7-17(23)16(19)10-13)22-9-8-14-4-2-3-5-15(14)12-22/h2-7,10,23H,8-9,11-12H2,1H3,(H,20,21). The lowest BCUT2D eigenvalue weighted by Gasteiger charge is -2.31. The molecule has 2 aromatic carbocycles. The van der Waals surface area contributed by atoms with Gasteiger partial charge in [-0.05, 0) is 35.2 Å². The molecular formula is C18H20FN3O. The molecule has 0 radical (unpaired) electrons. The summed E-state index contributed by atoms with van der Waals surface area (Å²) in [6.45, 7) is 2.18. The van der Waals surface area contributed by atoms with Crippen molar-refractivity contribution in [1.82, 2.24) is 10.2 Å². The fourth-order valence-corrected chi connectivity index (χ4v) is 2.85. The van der Waals surface area contributed by atoms with E-state index < -0.39 is 5.82 Å². The number of aliphatic imine (C=N–C) groups is 1. The number of nitrogens with one attached hydrogen (secondary N) is 1. The van der Waals surface area contributed by atoms with E-state index in [1.54, 1.807) is 13.1 Å². The number of benzene rings is 2. The van der Waals surface area contributed by atoms with Gasteiger partial charge in [-0.1, -0.05) is 30.3 Å². The zero-order valence-electron chi connectivity index (χ0n) is 13.1. The predicted molar refractivity (Wildman–Crippen MR) is 88.8 cm³/mol. The summed E-state index contributed by atoms with van der Waals surface area (Å²) >= 11 is 0. The van der Waals surface area contributed by atoms with Crippen LogP contribution in [0.2, 0.25) is 0 Å². The molecule has 1 heterocycles. The molecule has 0 amide bonds. The number of guanidine groups is 1. The summed E-state index contributed by atoms with van der Waals surface area (Å²) < 4.78 is 13.4. The van der Waals surface area contributed by atoms with Crippen molar-refractivity contribution in [3.63, 3.8) is 0 Å². The second kappa shape index (κ2) is 6.69. The lowest BCUT2D eigenvalue weighted by Crippen LogP contribution is -2.43. The van der Waals surface area contributed by atoms with E-state index in [4.69, 9.17) is 0 Å². The molecule has 0 spiro atoms. The minimum atomic E-state index is -0.605. The molecule has 23 heavy (non-hydrogen) atoms. The third-order valence-electron chi connectivity index (χ3n) is 4.10. The van der Waals surface area contributed by atoms with Gasteiger partial charge in [-0.25, -0.2) is 4.39 Å². The van der Waals surface area contributed by atoms with Crippen LogP contribution in [0.15, 0.2) is 47.5 Å². The lowest BCUT2D eigenvalue weighted by atomic mass is 10.0. The summed E-state index contributed by atoms with van der Waals surface area (Å²) in [5, 5.41) is 12.5. The Morgan fingerprint density at radius 2 is 2.04 bits per heavy atom. The van der Waals surface area contributed by atoms with E-state index in [-0.39, 0.29) is 5.75 Å². The Hall–Kier alpha value is -2.56. The highest BCUT2D eigenvalue weighted by Gasteiger charge is 2.18. The number of aromatic hydroxyl groups is 1. The molecule has 0 atom stereocenters. The molecule has 4 nitrogen and oxygen atoms in total. The molecule has 5 heteroatoms. The van der Waals surface area contributed by atoms with Gasteiger partial charge >= 0.3 is 0 Å². The van der Waals surface area contributed by atoms with Crippen LogP contribution in [0.5, 0.6) is 5.75 Å². The number of rotatable bonds is 2. The Labute approximate surface area is 135 Å². The van der Waals surface area contributed by atoms with E-state index in [0.29, 0.717) is 6.54 Å². The average molecular weight is 313 g/mol. The summed E-state index contributed by atoms with van der Waals surface area (Å²) in [6, 6.07) is 12.8. The third kappa shape index (κ3) is 3.44. The largest absolute Gasteiger partial charge is 0.505 e. The topological polar surface area (TPSA) is 47.9 Å². The van der Waals surface area contributed by atoms with Gasteiger partial charge in [0.2, 0.25) is 0 Å². The molecule has 120 valence electrons. The van der Waals surface area contributed by atoms with Crippen LogP contribution in [0.25, 0.3) is 0 Å². The fraction of sp³-hybridized carbons (Fsp3) is 0.278. The molecule has 1 aliphatic heterocycles. The summed E-state index contributed by atoms with van der Waals surface area (Å²) in [5.74, 6) is -0.134. The molecular weight excluding hydrogens is 293 g/mol. The van der Waals surface area contributed by atoms with Gasteiger partial charge in [-0.15, -0.1) is 0 Å². The van der Waals surface area contributed by atoms with Gasteiger partial charge in [-0.3, -0.25) is 4.99 Å². The van der Waals surface area contributed by atoms with Gasteiger partial charge in [-0.2, -0.15) is 0 Å². The minimum Gasteiger partial charge on any atom is -0.505 e. The van der Waals surface area contributed by atoms with E-state index >= 15 is 0 Å². The molecule has 0 bridgehead atoms. The number of phenols is 1. The number of halogens is 1. The second-order valence-corrected chi connectivity index (χ2v) is 5.63. The highest BCUT2D eigenvalue weighted by molar-refractivity contribution is 5.80. The van der Waals surface area contributed by atoms with Gasteiger partial charge in [0.05, 0.1) is 0 Å². The predicted octanol–water partition coefficient (Wildman–Crippen LogP) is 2.67. The van der Waals surface area contributed by atoms with Crippen molar-refractivity contribution >= 4 is 5.96 Å². The Morgan fingerprint density at radius 3 is 2.78 bits per heavy atom. The van der Waals surface area contributed by atoms with Crippen molar-refractivity contribution in [2.75, 3.05) is 13.6 Å². The third-order valence-corrected chi connectivity index (χ3v) is 4.10. The maximum Gasteiger partial charge on any atom is 0.194 e. The van der Waals surface area contributed by atoms with E-state index in [1.807, 2.05) is 0 Å². The van der Waals surface area contributed by atoms with Crippen molar-refractivity contribution in [3.8, 4) is 5.75 Å². The molecule has 0 unspecified atom stereocenters. The van der Waals surface area contributed by atoms with Crippen LogP contribution in [-0.4, -0.2) is 29.6 Å². The molecule has 2 aromatic rings. The van der Waals surface area contributed by atoms with Crippen molar-refractivity contribution in [1.29, 1.82) is 0 Å². The van der Waals surface area contributed by atoms with Gasteiger partial charge in [0, 0.05) is 26.7 Å². The van der Waals surface area contributed by atoms with Gasteiger partial charge in [0.1, 0.15) is 0 Å². The molecule has 0 aromatic heterocycles. The number of phenolic OH excluding ortho intramolecular Hbond substituents is 1. The van der Waals surface area contributed by atoms with Crippen LogP contribution < -0.4 is 5.32 Å². The Kier molecular flexibility index (Phi) is 4.46. The molecule has 0 saturated heterocycles. The van der Waals surface area contributed by atoms with Crippen molar-refractivity contribution in [3.05, 3.63) is 65.0 Å². The maximum atomic E-state index is 13.4. The van der Waals surface area contributed by atoms with Crippen LogP contribution in [0.4, 0.5) is 4.39 Å². The van der Waals surface area contributed by atoms with Gasteiger partial charge in [0.15, 0.2) is 17.5 Å². The van der Waals surface area contributed by atoms with Crippen LogP contribution in [0.3, 0.4) is 0 Å². The number of hydrogen-bond acceptors (Lipinski definition) is 2. The molecule has 3 rings (SSSR count). The van der Waals surface area contributed by atoms with E-state index in [0.717, 1.165) is 31.0 Å². The zero-order valence-corrected chi connectivity index (χ0v) is 13.1. The van der Waals surface area contributed by atoms with Crippen molar-refractivity contribution < 1.29 is 9.50 Å². The van der Waals surface area contributed by atoms with Gasteiger partial charge < -0.3 is 15.3 Å². The minimum absolute atomic E-state index is 0.328. The maximum absolute atomic E-state index is 13.4. The Balaban J connectivity index is 1.66. The zero-order chi connectivity index (χ0) is 16.2. The first-order valence-corrected chi connectivity index (χ1v) is 7.67. The molecule has 2 N–H and O–H groups in total. The summed E-state index contributed by atoms with van der Waals surface area (Å²) in [7, 11) is 1.75. The van der Waals surface area contributed by atoms with Crippen molar-refractivity contribution in [2.24, 2.45) is 4.99 Å². The second-order valence-electron chi connectivity index (χ2n) is 5.63. The highest BCUT2D eigenvalue weighted by atomic mass is 19.1. The van der Waals surface area contributed by atoms with Crippen LogP contribution in [0, 0.1) is 5.82 Å². The number of nitrogens with zero attached hydrogens (tertiary/aromatic N) is 2. The Morgan fingerprint density at radius 1 is 1.26 bits per heavy atom. The van der Waals surface area contributed by atoms with Crippen LogP contribution in [-0.2, 0) is 19.5 Å². The fourth-order valence-electron chi connectivity index (χ4n) is 2.85. The molecule has 0 fully saturated rings. The monoisotopic (exact) mass is 313 g/mol. The molecule has 0 saturated carbocycles. The summed E-state index contributed by atoms with van der Waals surface area (Å²) in [4.78, 5) is 6.52. The normalized spacial score (nSPS) is 14.5. The van der Waals surface area contributed by atoms with Crippen molar-refractivity contribution in [2.45, 2.75) is 19.5 Å². The summed E-state index contributed by atoms with van der Waals surface area (Å²) in [6.07, 6.45) is 0.991. The molecule has 0 aliphatic carbocycles.